The van der Waals surface area contributed by atoms with Crippen LogP contribution in [0.1, 0.15) is 48.0 Å². The zero-order chi connectivity index (χ0) is 17.8. The average Bonchev–Trinajstić information content (AvgIpc) is 3.35. The lowest BCUT2D eigenvalue weighted by Gasteiger charge is -2.14. The molecule has 1 aliphatic rings. The zero-order valence-corrected chi connectivity index (χ0v) is 15.2. The predicted octanol–water partition coefficient (Wildman–Crippen LogP) is 3.99. The zero-order valence-electron chi connectivity index (χ0n) is 14.4. The van der Waals surface area contributed by atoms with Crippen molar-refractivity contribution in [1.82, 2.24) is 5.32 Å². The quantitative estimate of drug-likeness (QED) is 0.786. The van der Waals surface area contributed by atoms with Gasteiger partial charge in [-0.3, -0.25) is 9.59 Å². The smallest absolute Gasteiger partial charge is 0.261 e. The Morgan fingerprint density at radius 3 is 2.56 bits per heavy atom. The van der Waals surface area contributed by atoms with Crippen molar-refractivity contribution in [2.45, 2.75) is 32.7 Å². The molecule has 6 heteroatoms. The van der Waals surface area contributed by atoms with Crippen molar-refractivity contribution < 1.29 is 14.3 Å². The van der Waals surface area contributed by atoms with Crippen molar-refractivity contribution in [1.29, 1.82) is 0 Å². The molecular weight excluding hydrogens is 336 g/mol. The molecular formula is C19H22N2O3S. The Bertz CT molecular complexity index is 750. The van der Waals surface area contributed by atoms with Crippen LogP contribution in [-0.4, -0.2) is 18.4 Å². The molecule has 0 aliphatic heterocycles. The van der Waals surface area contributed by atoms with Crippen molar-refractivity contribution >= 4 is 28.2 Å². The van der Waals surface area contributed by atoms with E-state index in [1.54, 1.807) is 12.1 Å². The number of hydrogen-bond donors (Lipinski definition) is 2. The Kier molecular flexibility index (Phi) is 5.38. The molecule has 25 heavy (non-hydrogen) atoms. The van der Waals surface area contributed by atoms with Crippen molar-refractivity contribution in [3.05, 3.63) is 46.8 Å². The number of rotatable bonds is 7. The fraction of sp³-hybridized carbons (Fsp3) is 0.368. The van der Waals surface area contributed by atoms with E-state index in [1.807, 2.05) is 38.1 Å². The van der Waals surface area contributed by atoms with Gasteiger partial charge in [0.25, 0.3) is 5.91 Å². The number of carbonyl (C=O) groups excluding carboxylic acids is 2. The summed E-state index contributed by atoms with van der Waals surface area (Å²) in [5.41, 5.74) is 1.01. The lowest BCUT2D eigenvalue weighted by Crippen LogP contribution is -2.25. The van der Waals surface area contributed by atoms with E-state index >= 15 is 0 Å². The number of ether oxygens (including phenoxy) is 1. The van der Waals surface area contributed by atoms with Gasteiger partial charge in [-0.15, -0.1) is 11.3 Å². The summed E-state index contributed by atoms with van der Waals surface area (Å²) in [5.74, 6) is 0.882. The second-order valence-electron chi connectivity index (χ2n) is 6.12. The van der Waals surface area contributed by atoms with Crippen molar-refractivity contribution in [3.8, 4) is 5.75 Å². The van der Waals surface area contributed by atoms with Gasteiger partial charge >= 0.3 is 0 Å². The maximum absolute atomic E-state index is 12.4. The molecule has 2 aromatic rings. The van der Waals surface area contributed by atoms with Gasteiger partial charge in [0, 0.05) is 5.92 Å². The van der Waals surface area contributed by atoms with Gasteiger partial charge in [0.15, 0.2) is 0 Å². The van der Waals surface area contributed by atoms with Crippen LogP contribution < -0.4 is 15.4 Å². The molecule has 0 spiro atoms. The molecule has 0 radical (unpaired) electrons. The van der Waals surface area contributed by atoms with E-state index in [1.165, 1.54) is 11.3 Å². The maximum atomic E-state index is 12.4. The Morgan fingerprint density at radius 2 is 1.92 bits per heavy atom. The van der Waals surface area contributed by atoms with Crippen LogP contribution >= 0.6 is 11.3 Å². The Labute approximate surface area is 151 Å². The molecule has 1 aromatic heterocycles. The number of benzene rings is 1. The van der Waals surface area contributed by atoms with Gasteiger partial charge in [0.05, 0.1) is 22.5 Å². The summed E-state index contributed by atoms with van der Waals surface area (Å²) in [7, 11) is 0. The first kappa shape index (κ1) is 17.5. The van der Waals surface area contributed by atoms with Crippen LogP contribution in [0.5, 0.6) is 5.75 Å². The first-order valence-corrected chi connectivity index (χ1v) is 9.32. The monoisotopic (exact) mass is 358 g/mol. The molecule has 2 amide bonds. The van der Waals surface area contributed by atoms with Crippen LogP contribution in [0.25, 0.3) is 0 Å². The lowest BCUT2D eigenvalue weighted by atomic mass is 10.1. The largest absolute Gasteiger partial charge is 0.494 e. The van der Waals surface area contributed by atoms with E-state index in [9.17, 15) is 9.59 Å². The molecule has 132 valence electrons. The number of amides is 2. The van der Waals surface area contributed by atoms with E-state index in [0.29, 0.717) is 11.5 Å². The number of thiophene rings is 1. The van der Waals surface area contributed by atoms with E-state index in [0.717, 1.165) is 29.2 Å². The molecule has 1 aliphatic carbocycles. The number of hydrogen-bond acceptors (Lipinski definition) is 4. The molecule has 1 fully saturated rings. The molecule has 0 bridgehead atoms. The fourth-order valence-corrected chi connectivity index (χ4v) is 3.28. The third-order valence-corrected chi connectivity index (χ3v) is 5.06. The fourth-order valence-electron chi connectivity index (χ4n) is 2.47. The van der Waals surface area contributed by atoms with Gasteiger partial charge in [0.1, 0.15) is 5.75 Å². The van der Waals surface area contributed by atoms with Crippen LogP contribution in [0.2, 0.25) is 0 Å². The molecule has 1 heterocycles. The third-order valence-electron chi connectivity index (χ3n) is 4.06. The van der Waals surface area contributed by atoms with Gasteiger partial charge in [-0.25, -0.2) is 0 Å². The van der Waals surface area contributed by atoms with Crippen LogP contribution in [-0.2, 0) is 4.79 Å². The van der Waals surface area contributed by atoms with E-state index in [2.05, 4.69) is 10.6 Å². The number of carbonyl (C=O) groups is 2. The molecule has 1 unspecified atom stereocenters. The van der Waals surface area contributed by atoms with Gasteiger partial charge in [-0.1, -0.05) is 12.1 Å². The molecule has 1 saturated carbocycles. The topological polar surface area (TPSA) is 67.4 Å². The van der Waals surface area contributed by atoms with Crippen LogP contribution in [0.3, 0.4) is 0 Å². The molecule has 1 atom stereocenters. The lowest BCUT2D eigenvalue weighted by molar-refractivity contribution is -0.117. The molecule has 0 saturated heterocycles. The van der Waals surface area contributed by atoms with Crippen molar-refractivity contribution in [3.63, 3.8) is 0 Å². The first-order chi connectivity index (χ1) is 12.1. The van der Waals surface area contributed by atoms with Crippen LogP contribution in [0, 0.1) is 5.92 Å². The molecule has 1 aromatic carbocycles. The average molecular weight is 358 g/mol. The highest BCUT2D eigenvalue weighted by Crippen LogP contribution is 2.31. The highest BCUT2D eigenvalue weighted by molar-refractivity contribution is 7.18. The van der Waals surface area contributed by atoms with Gasteiger partial charge in [-0.2, -0.15) is 0 Å². The Morgan fingerprint density at radius 1 is 1.20 bits per heavy atom. The summed E-state index contributed by atoms with van der Waals surface area (Å²) < 4.78 is 5.43. The van der Waals surface area contributed by atoms with Crippen LogP contribution in [0.15, 0.2) is 36.4 Å². The summed E-state index contributed by atoms with van der Waals surface area (Å²) in [6.07, 6.45) is 1.92. The van der Waals surface area contributed by atoms with Gasteiger partial charge in [0.2, 0.25) is 5.91 Å². The number of anilines is 1. The first-order valence-electron chi connectivity index (χ1n) is 8.51. The van der Waals surface area contributed by atoms with E-state index < -0.39 is 0 Å². The summed E-state index contributed by atoms with van der Waals surface area (Å²) in [6, 6.07) is 11.1. The second kappa shape index (κ2) is 7.70. The van der Waals surface area contributed by atoms with Gasteiger partial charge in [-0.05, 0) is 56.5 Å². The SMILES string of the molecule is CCOc1ccc(C(C)NC(=O)c2ccc(NC(=O)C3CC3)s2)cc1. The summed E-state index contributed by atoms with van der Waals surface area (Å²) >= 11 is 1.30. The highest BCUT2D eigenvalue weighted by atomic mass is 32.1. The summed E-state index contributed by atoms with van der Waals surface area (Å²) in [5, 5.41) is 6.57. The van der Waals surface area contributed by atoms with Gasteiger partial charge < -0.3 is 15.4 Å². The highest BCUT2D eigenvalue weighted by Gasteiger charge is 2.29. The normalized spacial score (nSPS) is 14.6. The molecule has 3 rings (SSSR count). The predicted molar refractivity (Wildman–Crippen MR) is 99.2 cm³/mol. The Hall–Kier alpha value is -2.34. The standard InChI is InChI=1S/C19H22N2O3S/c1-3-24-15-8-6-13(7-9-15)12(2)20-19(23)16-10-11-17(25-16)21-18(22)14-4-5-14/h6-12,14H,3-5H2,1-2H3,(H,20,23)(H,21,22). The maximum Gasteiger partial charge on any atom is 0.261 e. The van der Waals surface area contributed by atoms with E-state index in [-0.39, 0.29) is 23.8 Å². The molecule has 2 N–H and O–H groups in total. The van der Waals surface area contributed by atoms with Crippen molar-refractivity contribution in [2.75, 3.05) is 11.9 Å². The molecule has 5 nitrogen and oxygen atoms in total. The van der Waals surface area contributed by atoms with Crippen LogP contribution in [0.4, 0.5) is 5.00 Å². The Balaban J connectivity index is 1.57. The minimum Gasteiger partial charge on any atom is -0.494 e. The van der Waals surface area contributed by atoms with E-state index in [4.69, 9.17) is 4.74 Å². The summed E-state index contributed by atoms with van der Waals surface area (Å²) in [4.78, 5) is 24.8. The summed E-state index contributed by atoms with van der Waals surface area (Å²) in [6.45, 7) is 4.51. The third kappa shape index (κ3) is 4.60. The second-order valence-corrected chi connectivity index (χ2v) is 7.21. The minimum atomic E-state index is -0.140. The number of nitrogens with one attached hydrogen (secondary N) is 2. The van der Waals surface area contributed by atoms with Crippen molar-refractivity contribution in [2.24, 2.45) is 5.92 Å². The minimum absolute atomic E-state index is 0.0524.